The van der Waals surface area contributed by atoms with Crippen molar-refractivity contribution in [1.29, 1.82) is 0 Å². The quantitative estimate of drug-likeness (QED) is 0.570. The van der Waals surface area contributed by atoms with Crippen molar-refractivity contribution < 1.29 is 13.2 Å². The van der Waals surface area contributed by atoms with Gasteiger partial charge in [0.1, 0.15) is 0 Å². The molecule has 0 aliphatic carbocycles. The highest BCUT2D eigenvalue weighted by Crippen LogP contribution is 2.20. The Morgan fingerprint density at radius 1 is 1.11 bits per heavy atom. The molecule has 1 amide bonds. The summed E-state index contributed by atoms with van der Waals surface area (Å²) >= 11 is 6.02. The maximum atomic E-state index is 12.4. The van der Waals surface area contributed by atoms with Crippen molar-refractivity contribution >= 4 is 44.1 Å². The first kappa shape index (κ1) is 20.1. The summed E-state index contributed by atoms with van der Waals surface area (Å²) in [6, 6.07) is 12.4. The Morgan fingerprint density at radius 3 is 2.64 bits per heavy atom. The summed E-state index contributed by atoms with van der Waals surface area (Å²) in [5.41, 5.74) is 1.73. The van der Waals surface area contributed by atoms with Crippen LogP contribution in [0.5, 0.6) is 0 Å². The average Bonchev–Trinajstić information content (AvgIpc) is 2.64. The molecule has 3 aromatic rings. The van der Waals surface area contributed by atoms with Crippen LogP contribution in [0.15, 0.2) is 58.2 Å². The van der Waals surface area contributed by atoms with Crippen LogP contribution >= 0.6 is 11.6 Å². The molecule has 3 N–H and O–H groups in total. The van der Waals surface area contributed by atoms with Crippen LogP contribution in [-0.2, 0) is 14.8 Å². The SMILES string of the molecule is Cc1ccc(NC(=O)CCNS(=O)(=O)c2ccc3[nH]c(=O)ccc3c2)cc1Cl. The molecule has 146 valence electrons. The van der Waals surface area contributed by atoms with E-state index in [9.17, 15) is 18.0 Å². The lowest BCUT2D eigenvalue weighted by Crippen LogP contribution is -2.27. The summed E-state index contributed by atoms with van der Waals surface area (Å²) in [5.74, 6) is -0.335. The van der Waals surface area contributed by atoms with Gasteiger partial charge in [0.2, 0.25) is 21.5 Å². The molecule has 0 fully saturated rings. The summed E-state index contributed by atoms with van der Waals surface area (Å²) in [5, 5.41) is 3.81. The number of rotatable bonds is 6. The number of aromatic nitrogens is 1. The molecule has 7 nitrogen and oxygen atoms in total. The van der Waals surface area contributed by atoms with Crippen LogP contribution in [0.3, 0.4) is 0 Å². The van der Waals surface area contributed by atoms with Gasteiger partial charge >= 0.3 is 0 Å². The van der Waals surface area contributed by atoms with E-state index in [1.54, 1.807) is 24.3 Å². The van der Waals surface area contributed by atoms with Crippen LogP contribution in [0.2, 0.25) is 5.02 Å². The van der Waals surface area contributed by atoms with Crippen molar-refractivity contribution in [2.24, 2.45) is 0 Å². The lowest BCUT2D eigenvalue weighted by Gasteiger charge is -2.09. The first-order valence-corrected chi connectivity index (χ1v) is 10.3. The Kier molecular flexibility index (Phi) is 5.83. The first-order valence-electron chi connectivity index (χ1n) is 8.43. The fraction of sp³-hybridized carbons (Fsp3) is 0.158. The van der Waals surface area contributed by atoms with Gasteiger partial charge in [-0.15, -0.1) is 0 Å². The van der Waals surface area contributed by atoms with Crippen LogP contribution in [0.25, 0.3) is 10.9 Å². The Morgan fingerprint density at radius 2 is 1.89 bits per heavy atom. The number of aromatic amines is 1. The minimum atomic E-state index is -3.79. The topological polar surface area (TPSA) is 108 Å². The zero-order valence-electron chi connectivity index (χ0n) is 15.0. The molecular weight excluding hydrogens is 402 g/mol. The molecule has 0 radical (unpaired) electrons. The van der Waals surface area contributed by atoms with E-state index < -0.39 is 10.0 Å². The molecule has 3 rings (SSSR count). The van der Waals surface area contributed by atoms with E-state index in [4.69, 9.17) is 11.6 Å². The van der Waals surface area contributed by atoms with Gasteiger partial charge in [-0.2, -0.15) is 0 Å². The van der Waals surface area contributed by atoms with Gasteiger partial charge in [-0.3, -0.25) is 9.59 Å². The van der Waals surface area contributed by atoms with Crippen LogP contribution in [0.1, 0.15) is 12.0 Å². The van der Waals surface area contributed by atoms with E-state index in [1.165, 1.54) is 24.3 Å². The van der Waals surface area contributed by atoms with Crippen molar-refractivity contribution in [2.75, 3.05) is 11.9 Å². The highest BCUT2D eigenvalue weighted by molar-refractivity contribution is 7.89. The number of carbonyl (C=O) groups excluding carboxylic acids is 1. The van der Waals surface area contributed by atoms with E-state index in [1.807, 2.05) is 6.92 Å². The van der Waals surface area contributed by atoms with Crippen LogP contribution in [-0.4, -0.2) is 25.9 Å². The lowest BCUT2D eigenvalue weighted by atomic mass is 10.2. The number of amides is 1. The molecule has 0 atom stereocenters. The summed E-state index contributed by atoms with van der Waals surface area (Å²) < 4.78 is 27.3. The summed E-state index contributed by atoms with van der Waals surface area (Å²) in [7, 11) is -3.79. The third-order valence-corrected chi connectivity index (χ3v) is 5.97. The minimum Gasteiger partial charge on any atom is -0.326 e. The number of hydrogen-bond acceptors (Lipinski definition) is 4. The molecule has 0 saturated heterocycles. The summed E-state index contributed by atoms with van der Waals surface area (Å²) in [4.78, 5) is 26.0. The molecule has 1 heterocycles. The molecular formula is C19H18ClN3O4S. The number of benzene rings is 2. The number of sulfonamides is 1. The average molecular weight is 420 g/mol. The van der Waals surface area contributed by atoms with E-state index in [0.29, 0.717) is 21.6 Å². The molecule has 0 bridgehead atoms. The molecule has 9 heteroatoms. The second kappa shape index (κ2) is 8.14. The van der Waals surface area contributed by atoms with E-state index in [2.05, 4.69) is 15.0 Å². The summed E-state index contributed by atoms with van der Waals surface area (Å²) in [6.07, 6.45) is -0.0361. The van der Waals surface area contributed by atoms with Gasteiger partial charge in [0.25, 0.3) is 0 Å². The Labute approximate surface area is 166 Å². The van der Waals surface area contributed by atoms with Gasteiger partial charge in [0, 0.05) is 35.3 Å². The monoisotopic (exact) mass is 419 g/mol. The zero-order chi connectivity index (χ0) is 20.3. The number of nitrogens with one attached hydrogen (secondary N) is 3. The maximum absolute atomic E-state index is 12.4. The Balaban J connectivity index is 1.61. The molecule has 2 aromatic carbocycles. The number of anilines is 1. The molecule has 0 unspecified atom stereocenters. The number of fused-ring (bicyclic) bond motifs is 1. The fourth-order valence-electron chi connectivity index (χ4n) is 2.58. The largest absolute Gasteiger partial charge is 0.326 e. The fourth-order valence-corrected chi connectivity index (χ4v) is 3.82. The van der Waals surface area contributed by atoms with Gasteiger partial charge < -0.3 is 10.3 Å². The third-order valence-electron chi connectivity index (χ3n) is 4.11. The van der Waals surface area contributed by atoms with Gasteiger partial charge in [0.05, 0.1) is 4.90 Å². The number of pyridine rings is 1. The smallest absolute Gasteiger partial charge is 0.248 e. The highest BCUT2D eigenvalue weighted by atomic mass is 35.5. The van der Waals surface area contributed by atoms with Crippen LogP contribution in [0.4, 0.5) is 5.69 Å². The second-order valence-corrected chi connectivity index (χ2v) is 8.41. The lowest BCUT2D eigenvalue weighted by molar-refractivity contribution is -0.116. The van der Waals surface area contributed by atoms with Gasteiger partial charge in [-0.05, 0) is 54.3 Å². The molecule has 0 spiro atoms. The number of hydrogen-bond donors (Lipinski definition) is 3. The van der Waals surface area contributed by atoms with Gasteiger partial charge in [-0.25, -0.2) is 13.1 Å². The molecule has 28 heavy (non-hydrogen) atoms. The van der Waals surface area contributed by atoms with Crippen molar-refractivity contribution in [2.45, 2.75) is 18.2 Å². The number of H-pyrrole nitrogens is 1. The maximum Gasteiger partial charge on any atom is 0.248 e. The molecule has 0 aliphatic rings. The van der Waals surface area contributed by atoms with Crippen LogP contribution in [0, 0.1) is 6.92 Å². The first-order chi connectivity index (χ1) is 13.2. The predicted molar refractivity (Wildman–Crippen MR) is 109 cm³/mol. The molecule has 0 saturated carbocycles. The Hall–Kier alpha value is -2.68. The number of carbonyl (C=O) groups is 1. The van der Waals surface area contributed by atoms with Crippen molar-refractivity contribution in [3.63, 3.8) is 0 Å². The zero-order valence-corrected chi connectivity index (χ0v) is 16.5. The van der Waals surface area contributed by atoms with Crippen molar-refractivity contribution in [3.05, 3.63) is 69.5 Å². The predicted octanol–water partition coefficient (Wildman–Crippen LogP) is 2.80. The molecule has 1 aromatic heterocycles. The van der Waals surface area contributed by atoms with Crippen LogP contribution < -0.4 is 15.6 Å². The van der Waals surface area contributed by atoms with E-state index in [0.717, 1.165) is 5.56 Å². The van der Waals surface area contributed by atoms with Crippen molar-refractivity contribution in [1.82, 2.24) is 9.71 Å². The molecule has 0 aliphatic heterocycles. The standard InChI is InChI=1S/C19H18ClN3O4S/c1-12-2-4-14(11-16(12)20)22-19(25)8-9-21-28(26,27)15-5-6-17-13(10-15)3-7-18(24)23-17/h2-7,10-11,21H,8-9H2,1H3,(H,22,25)(H,23,24). The third kappa shape index (κ3) is 4.78. The van der Waals surface area contributed by atoms with E-state index in [-0.39, 0.29) is 29.3 Å². The number of halogens is 1. The van der Waals surface area contributed by atoms with Gasteiger partial charge in [0.15, 0.2) is 0 Å². The van der Waals surface area contributed by atoms with Crippen molar-refractivity contribution in [3.8, 4) is 0 Å². The summed E-state index contributed by atoms with van der Waals surface area (Å²) in [6.45, 7) is 1.80. The van der Waals surface area contributed by atoms with Gasteiger partial charge in [-0.1, -0.05) is 17.7 Å². The van der Waals surface area contributed by atoms with E-state index >= 15 is 0 Å². The number of aryl methyl sites for hydroxylation is 1. The minimum absolute atomic E-state index is 0.0361. The Bertz CT molecular complexity index is 1210. The second-order valence-electron chi connectivity index (χ2n) is 6.23. The normalized spacial score (nSPS) is 11.5. The highest BCUT2D eigenvalue weighted by Gasteiger charge is 2.15.